The average molecular weight is 613 g/mol. The Morgan fingerprint density at radius 3 is 2.23 bits per heavy atom. The second-order valence-corrected chi connectivity index (χ2v) is 10.5. The lowest BCUT2D eigenvalue weighted by molar-refractivity contribution is -0.147. The summed E-state index contributed by atoms with van der Waals surface area (Å²) in [5.74, 6) is -6.28. The van der Waals surface area contributed by atoms with E-state index in [1.54, 1.807) is 48.5 Å². The number of aliphatic imine (C=N–C) groups is 1. The van der Waals surface area contributed by atoms with Gasteiger partial charge in [-0.3, -0.25) is 14.4 Å². The summed E-state index contributed by atoms with van der Waals surface area (Å²) < 4.78 is 83.6. The number of anilines is 1. The van der Waals surface area contributed by atoms with Crippen molar-refractivity contribution in [2.75, 3.05) is 5.32 Å². The molecule has 2 aliphatic rings. The average Bonchev–Trinajstić information content (AvgIpc) is 3.75. The van der Waals surface area contributed by atoms with E-state index >= 15 is 0 Å². The number of fused-ring (bicyclic) bond motifs is 1. The predicted octanol–water partition coefficient (Wildman–Crippen LogP) is 5.25. The molecule has 1 fully saturated rings. The lowest BCUT2D eigenvalue weighted by Gasteiger charge is -2.26. The Morgan fingerprint density at radius 2 is 1.63 bits per heavy atom. The zero-order chi connectivity index (χ0) is 31.4. The van der Waals surface area contributed by atoms with Crippen LogP contribution in [0.2, 0.25) is 0 Å². The van der Waals surface area contributed by atoms with Crippen molar-refractivity contribution in [3.05, 3.63) is 59.7 Å². The number of nitrogens with two attached hydrogens (primary N) is 1. The van der Waals surface area contributed by atoms with Gasteiger partial charge in [-0.15, -0.1) is 0 Å². The highest BCUT2D eigenvalue weighted by atomic mass is 19.4. The minimum Gasteiger partial charge on any atom is -0.488 e. The van der Waals surface area contributed by atoms with E-state index in [-0.39, 0.29) is 17.5 Å². The molecule has 43 heavy (non-hydrogen) atoms. The van der Waals surface area contributed by atoms with Crippen molar-refractivity contribution in [2.45, 2.75) is 69.6 Å². The summed E-state index contributed by atoms with van der Waals surface area (Å²) in [5.41, 5.74) is 6.94. The van der Waals surface area contributed by atoms with Crippen molar-refractivity contribution in [1.82, 2.24) is 5.32 Å². The lowest BCUT2D eigenvalue weighted by atomic mass is 9.83. The number of ether oxygens (including phenoxy) is 1. The Balaban J connectivity index is 1.66. The quantitative estimate of drug-likeness (QED) is 0.283. The highest BCUT2D eigenvalue weighted by molar-refractivity contribution is 6.20. The first-order valence-electron chi connectivity index (χ1n) is 13.7. The van der Waals surface area contributed by atoms with Crippen LogP contribution < -0.4 is 21.1 Å². The molecule has 1 aliphatic carbocycles. The molecule has 1 aliphatic heterocycles. The molecule has 1 heterocycles. The summed E-state index contributed by atoms with van der Waals surface area (Å²) in [5, 5.41) is 5.01. The van der Waals surface area contributed by atoms with Crippen LogP contribution in [-0.2, 0) is 14.4 Å². The number of benzene rings is 2. The van der Waals surface area contributed by atoms with Crippen molar-refractivity contribution in [3.8, 4) is 5.75 Å². The Bertz CT molecular complexity index is 1360. The fourth-order valence-corrected chi connectivity index (χ4v) is 4.83. The van der Waals surface area contributed by atoms with Crippen LogP contribution in [-0.4, -0.2) is 48.1 Å². The van der Waals surface area contributed by atoms with Crippen LogP contribution in [0.5, 0.6) is 5.75 Å². The van der Waals surface area contributed by atoms with Crippen LogP contribution >= 0.6 is 0 Å². The molecule has 0 spiro atoms. The molecule has 0 aromatic heterocycles. The van der Waals surface area contributed by atoms with Gasteiger partial charge in [0.05, 0.1) is 17.5 Å². The van der Waals surface area contributed by atoms with E-state index in [9.17, 15) is 40.7 Å². The summed E-state index contributed by atoms with van der Waals surface area (Å²) in [6.45, 7) is 0. The van der Waals surface area contributed by atoms with Crippen LogP contribution in [0.3, 0.4) is 0 Å². The van der Waals surface area contributed by atoms with Gasteiger partial charge in [0.25, 0.3) is 5.91 Å². The van der Waals surface area contributed by atoms with Gasteiger partial charge in [0.2, 0.25) is 18.0 Å². The highest BCUT2D eigenvalue weighted by Gasteiger charge is 2.39. The molecule has 0 bridgehead atoms. The Morgan fingerprint density at radius 1 is 0.953 bits per heavy atom. The summed E-state index contributed by atoms with van der Waals surface area (Å²) in [7, 11) is 0. The van der Waals surface area contributed by atoms with E-state index in [2.05, 4.69) is 15.6 Å². The number of alkyl halides is 6. The zero-order valence-corrected chi connectivity index (χ0v) is 22.8. The van der Waals surface area contributed by atoms with Crippen molar-refractivity contribution in [2.24, 2.45) is 22.6 Å². The molecule has 14 heteroatoms. The number of hydrogen-bond donors (Lipinski definition) is 3. The fourth-order valence-electron chi connectivity index (χ4n) is 4.83. The minimum atomic E-state index is -4.73. The lowest BCUT2D eigenvalue weighted by Crippen LogP contribution is -2.48. The monoisotopic (exact) mass is 612 g/mol. The van der Waals surface area contributed by atoms with Gasteiger partial charge in [0.15, 0.2) is 0 Å². The minimum absolute atomic E-state index is 0.0308. The van der Waals surface area contributed by atoms with Gasteiger partial charge in [0, 0.05) is 35.8 Å². The number of halogens is 6. The third kappa shape index (κ3) is 8.94. The van der Waals surface area contributed by atoms with Gasteiger partial charge >= 0.3 is 12.4 Å². The van der Waals surface area contributed by atoms with E-state index in [0.717, 1.165) is 12.8 Å². The maximum Gasteiger partial charge on any atom is 0.389 e. The van der Waals surface area contributed by atoms with Crippen LogP contribution in [0.4, 0.5) is 32.0 Å². The molecular formula is C29H30F6N4O4. The third-order valence-electron chi connectivity index (χ3n) is 7.08. The predicted molar refractivity (Wildman–Crippen MR) is 144 cm³/mol. The SMILES string of the molecule is NC(=O)C(CCCC(F)(F)F)C(CCC(F)(F)F)C(=O)N[C@H]1N=C(c2ccccc2)c2cccc(OC3CC3)c2NC1=O. The zero-order valence-electron chi connectivity index (χ0n) is 22.8. The molecule has 2 unspecified atom stereocenters. The van der Waals surface area contributed by atoms with Gasteiger partial charge in [-0.2, -0.15) is 26.3 Å². The van der Waals surface area contributed by atoms with E-state index in [1.165, 1.54) is 0 Å². The van der Waals surface area contributed by atoms with Crippen LogP contribution in [0, 0.1) is 11.8 Å². The van der Waals surface area contributed by atoms with Gasteiger partial charge in [-0.25, -0.2) is 4.99 Å². The van der Waals surface area contributed by atoms with Gasteiger partial charge < -0.3 is 21.1 Å². The van der Waals surface area contributed by atoms with Crippen molar-refractivity contribution < 1.29 is 45.5 Å². The number of rotatable bonds is 12. The van der Waals surface area contributed by atoms with Gasteiger partial charge in [0.1, 0.15) is 5.75 Å². The first kappa shape index (κ1) is 31.8. The Hall–Kier alpha value is -4.10. The number of benzodiazepines with no additional fused rings is 1. The van der Waals surface area contributed by atoms with Crippen LogP contribution in [0.25, 0.3) is 0 Å². The molecule has 2 aromatic rings. The van der Waals surface area contributed by atoms with Crippen LogP contribution in [0.15, 0.2) is 53.5 Å². The number of nitrogens with zero attached hydrogens (tertiary/aromatic N) is 1. The molecule has 232 valence electrons. The van der Waals surface area contributed by atoms with E-state index in [1.807, 2.05) is 0 Å². The molecular weight excluding hydrogens is 582 g/mol. The van der Waals surface area contributed by atoms with Crippen molar-refractivity contribution in [3.63, 3.8) is 0 Å². The second kappa shape index (κ2) is 13.0. The summed E-state index contributed by atoms with van der Waals surface area (Å²) in [6, 6.07) is 13.7. The molecule has 4 N–H and O–H groups in total. The summed E-state index contributed by atoms with van der Waals surface area (Å²) in [6.07, 6.45) is -14.3. The van der Waals surface area contributed by atoms with E-state index in [0.29, 0.717) is 16.9 Å². The first-order valence-corrected chi connectivity index (χ1v) is 13.7. The normalized spacial score (nSPS) is 18.4. The van der Waals surface area contributed by atoms with Gasteiger partial charge in [-0.05, 0) is 38.2 Å². The molecule has 0 radical (unpaired) electrons. The molecule has 3 amide bonds. The van der Waals surface area contributed by atoms with E-state index in [4.69, 9.17) is 10.5 Å². The standard InChI is InChI=1S/C29H30F6N4O4/c30-28(31,32)14-5-9-18(24(36)40)19(13-15-29(33,34)35)26(41)39-25-27(42)38-23-20(8-4-10-21(23)43-17-11-12-17)22(37-25)16-6-2-1-3-7-16/h1-4,6-8,10,17-19,25H,5,9,11-15H2,(H2,36,40)(H,38,42)(H,39,41)/t18?,19?,25-/m1/s1. The number of primary amides is 1. The highest BCUT2D eigenvalue weighted by Crippen LogP contribution is 2.37. The van der Waals surface area contributed by atoms with Crippen molar-refractivity contribution >= 4 is 29.1 Å². The largest absolute Gasteiger partial charge is 0.488 e. The Kier molecular flexibility index (Phi) is 9.65. The number of para-hydroxylation sites is 1. The molecule has 2 aromatic carbocycles. The van der Waals surface area contributed by atoms with Crippen molar-refractivity contribution in [1.29, 1.82) is 0 Å². The molecule has 4 rings (SSSR count). The van der Waals surface area contributed by atoms with Gasteiger partial charge in [-0.1, -0.05) is 42.5 Å². The molecule has 0 saturated heterocycles. The third-order valence-corrected chi connectivity index (χ3v) is 7.08. The summed E-state index contributed by atoms with van der Waals surface area (Å²) >= 11 is 0. The van der Waals surface area contributed by atoms with E-state index < -0.39 is 80.2 Å². The molecule has 1 saturated carbocycles. The van der Waals surface area contributed by atoms with Crippen LogP contribution in [0.1, 0.15) is 56.1 Å². The number of hydrogen-bond acceptors (Lipinski definition) is 5. The molecule has 8 nitrogen and oxygen atoms in total. The fraction of sp³-hybridized carbons (Fsp3) is 0.448. The smallest absolute Gasteiger partial charge is 0.389 e. The molecule has 3 atom stereocenters. The number of nitrogens with one attached hydrogen (secondary N) is 2. The first-order chi connectivity index (χ1) is 20.2. The number of carbonyl (C=O) groups is 3. The maximum absolute atomic E-state index is 13.4. The number of amides is 3. The second-order valence-electron chi connectivity index (χ2n) is 10.5. The number of carbonyl (C=O) groups excluding carboxylic acids is 3. The Labute approximate surface area is 243 Å². The summed E-state index contributed by atoms with van der Waals surface area (Å²) in [4.78, 5) is 43.5. The maximum atomic E-state index is 13.4. The topological polar surface area (TPSA) is 123 Å².